The van der Waals surface area contributed by atoms with Crippen LogP contribution < -0.4 is 0 Å². The Hall–Kier alpha value is -7.63. The summed E-state index contributed by atoms with van der Waals surface area (Å²) in [6, 6.07) is 64.1. The van der Waals surface area contributed by atoms with E-state index in [2.05, 4.69) is 152 Å². The lowest BCUT2D eigenvalue weighted by Crippen LogP contribution is -2.15. The maximum Gasteiger partial charge on any atom is 0.167 e. The van der Waals surface area contributed by atoms with Crippen molar-refractivity contribution in [2.75, 3.05) is 0 Å². The third-order valence-corrected chi connectivity index (χ3v) is 12.3. The number of aromatic nitrogens is 4. The predicted octanol–water partition coefficient (Wildman–Crippen LogP) is 13.8. The third-order valence-electron chi connectivity index (χ3n) is 12.3. The van der Waals surface area contributed by atoms with Crippen molar-refractivity contribution < 1.29 is 4.42 Å². The molecule has 0 saturated heterocycles. The first-order valence-electron chi connectivity index (χ1n) is 20.1. The minimum Gasteiger partial charge on any atom is -0.455 e. The molecule has 0 saturated carbocycles. The molecule has 8 aromatic carbocycles. The van der Waals surface area contributed by atoms with E-state index in [9.17, 15) is 0 Å². The summed E-state index contributed by atoms with van der Waals surface area (Å²) in [4.78, 5) is 15.5. The Bertz CT molecular complexity index is 3470. The molecule has 278 valence electrons. The highest BCUT2D eigenvalue weighted by Gasteiger charge is 2.36. The molecule has 3 heterocycles. The van der Waals surface area contributed by atoms with Crippen LogP contribution in [-0.2, 0) is 5.41 Å². The Morgan fingerprint density at radius 3 is 1.90 bits per heavy atom. The van der Waals surface area contributed by atoms with Crippen molar-refractivity contribution in [1.29, 1.82) is 0 Å². The van der Waals surface area contributed by atoms with Crippen molar-refractivity contribution in [2.24, 2.45) is 0 Å². The van der Waals surface area contributed by atoms with Crippen molar-refractivity contribution in [3.8, 4) is 62.1 Å². The van der Waals surface area contributed by atoms with Gasteiger partial charge in [0, 0.05) is 32.7 Å². The highest BCUT2D eigenvalue weighted by molar-refractivity contribution is 6.17. The van der Waals surface area contributed by atoms with Gasteiger partial charge in [0.25, 0.3) is 0 Å². The van der Waals surface area contributed by atoms with E-state index in [-0.39, 0.29) is 5.41 Å². The van der Waals surface area contributed by atoms with Crippen molar-refractivity contribution >= 4 is 43.7 Å². The SMILES string of the molecule is CC1(C)c2ccccc2-c2cc3c4ccccc4n(-c4ccc(-c5nc(-c6ccccc6)nc(-c6cccc(-c7ccccc7)c6)n5)c5oc6ccccc6c45)c3cc21. The molecule has 3 aromatic heterocycles. The number of benzene rings is 8. The molecule has 0 bridgehead atoms. The molecule has 0 aliphatic heterocycles. The lowest BCUT2D eigenvalue weighted by Gasteiger charge is -2.21. The second-order valence-corrected chi connectivity index (χ2v) is 16.0. The Morgan fingerprint density at radius 2 is 1.07 bits per heavy atom. The summed E-state index contributed by atoms with van der Waals surface area (Å²) in [7, 11) is 0. The normalized spacial score (nSPS) is 13.1. The summed E-state index contributed by atoms with van der Waals surface area (Å²) in [6.07, 6.45) is 0. The number of furan rings is 1. The molecule has 0 N–H and O–H groups in total. The first-order chi connectivity index (χ1) is 29.0. The summed E-state index contributed by atoms with van der Waals surface area (Å²) < 4.78 is 9.34. The van der Waals surface area contributed by atoms with Gasteiger partial charge in [0.15, 0.2) is 17.5 Å². The van der Waals surface area contributed by atoms with Crippen LogP contribution in [0.2, 0.25) is 0 Å². The monoisotopic (exact) mass is 756 g/mol. The molecular weight excluding hydrogens is 721 g/mol. The first-order valence-corrected chi connectivity index (χ1v) is 20.1. The van der Waals surface area contributed by atoms with Gasteiger partial charge in [-0.25, -0.2) is 15.0 Å². The van der Waals surface area contributed by atoms with E-state index in [0.29, 0.717) is 17.5 Å². The molecule has 0 amide bonds. The fourth-order valence-electron chi connectivity index (χ4n) is 9.41. The summed E-state index contributed by atoms with van der Waals surface area (Å²) in [5.41, 5.74) is 14.9. The van der Waals surface area contributed by atoms with Crippen molar-refractivity contribution in [1.82, 2.24) is 19.5 Å². The Balaban J connectivity index is 1.12. The van der Waals surface area contributed by atoms with Gasteiger partial charge in [-0.3, -0.25) is 0 Å². The van der Waals surface area contributed by atoms with Crippen molar-refractivity contribution in [2.45, 2.75) is 19.3 Å². The van der Waals surface area contributed by atoms with Gasteiger partial charge in [-0.15, -0.1) is 0 Å². The fraction of sp³-hybridized carbons (Fsp3) is 0.0556. The van der Waals surface area contributed by atoms with E-state index < -0.39 is 0 Å². The maximum atomic E-state index is 6.90. The molecule has 1 aliphatic rings. The van der Waals surface area contributed by atoms with E-state index in [4.69, 9.17) is 19.4 Å². The van der Waals surface area contributed by atoms with E-state index in [1.165, 1.54) is 33.0 Å². The largest absolute Gasteiger partial charge is 0.455 e. The smallest absolute Gasteiger partial charge is 0.167 e. The number of nitrogens with zero attached hydrogens (tertiary/aromatic N) is 4. The molecule has 1 aliphatic carbocycles. The van der Waals surface area contributed by atoms with Crippen molar-refractivity contribution in [3.05, 3.63) is 193 Å². The minimum atomic E-state index is -0.142. The first kappa shape index (κ1) is 33.5. The molecule has 0 spiro atoms. The molecule has 0 atom stereocenters. The van der Waals surface area contributed by atoms with Gasteiger partial charge < -0.3 is 8.98 Å². The third kappa shape index (κ3) is 5.08. The summed E-state index contributed by atoms with van der Waals surface area (Å²) >= 11 is 0. The highest BCUT2D eigenvalue weighted by Crippen LogP contribution is 2.51. The van der Waals surface area contributed by atoms with E-state index in [0.717, 1.165) is 66.5 Å². The molecule has 0 unspecified atom stereocenters. The summed E-state index contributed by atoms with van der Waals surface area (Å²) in [6.45, 7) is 4.69. The summed E-state index contributed by atoms with van der Waals surface area (Å²) in [5.74, 6) is 1.75. The number of rotatable bonds is 5. The molecule has 5 nitrogen and oxygen atoms in total. The van der Waals surface area contributed by atoms with Crippen LogP contribution in [0, 0.1) is 0 Å². The number of hydrogen-bond donors (Lipinski definition) is 0. The molecule has 12 rings (SSSR count). The standard InChI is InChI=1S/C54H36N4O/c1-54(2)43-25-12-9-22-37(43)41-31-42-38-23-10-13-26-45(38)58(47(42)32-44(41)54)46-29-28-40(50-49(46)39-24-11-14-27-48(39)59-50)53-56-51(34-18-7-4-8-19-34)55-52(57-53)36-21-15-20-35(30-36)33-16-5-3-6-17-33/h3-32H,1-2H3. The van der Waals surface area contributed by atoms with E-state index in [1.807, 2.05) is 48.5 Å². The molecule has 5 heteroatoms. The Labute approximate surface area is 340 Å². The van der Waals surface area contributed by atoms with Gasteiger partial charge in [-0.1, -0.05) is 153 Å². The second-order valence-electron chi connectivity index (χ2n) is 16.0. The molecule has 0 radical (unpaired) electrons. The van der Waals surface area contributed by atoms with E-state index >= 15 is 0 Å². The van der Waals surface area contributed by atoms with Gasteiger partial charge in [-0.05, 0) is 75.8 Å². The van der Waals surface area contributed by atoms with Gasteiger partial charge in [0.1, 0.15) is 11.2 Å². The van der Waals surface area contributed by atoms with Crippen LogP contribution in [0.1, 0.15) is 25.0 Å². The Morgan fingerprint density at radius 1 is 0.424 bits per heavy atom. The fourth-order valence-corrected chi connectivity index (χ4v) is 9.41. The molecule has 11 aromatic rings. The zero-order chi connectivity index (χ0) is 39.2. The maximum absolute atomic E-state index is 6.90. The van der Waals surface area contributed by atoms with Crippen LogP contribution in [0.5, 0.6) is 0 Å². The van der Waals surface area contributed by atoms with Gasteiger partial charge in [-0.2, -0.15) is 0 Å². The average Bonchev–Trinajstić information content (AvgIpc) is 3.92. The van der Waals surface area contributed by atoms with Crippen molar-refractivity contribution in [3.63, 3.8) is 0 Å². The van der Waals surface area contributed by atoms with Gasteiger partial charge >= 0.3 is 0 Å². The summed E-state index contributed by atoms with van der Waals surface area (Å²) in [5, 5.41) is 4.49. The lowest BCUT2D eigenvalue weighted by molar-refractivity contribution is 0.661. The van der Waals surface area contributed by atoms with Crippen LogP contribution in [0.4, 0.5) is 0 Å². The second kappa shape index (κ2) is 12.7. The van der Waals surface area contributed by atoms with Gasteiger partial charge in [0.05, 0.1) is 27.7 Å². The number of hydrogen-bond acceptors (Lipinski definition) is 4. The molecule has 59 heavy (non-hydrogen) atoms. The zero-order valence-electron chi connectivity index (χ0n) is 32.5. The topological polar surface area (TPSA) is 56.7 Å². The lowest BCUT2D eigenvalue weighted by atomic mass is 9.82. The number of para-hydroxylation sites is 2. The minimum absolute atomic E-state index is 0.142. The molecular formula is C54H36N4O. The zero-order valence-corrected chi connectivity index (χ0v) is 32.5. The molecule has 0 fully saturated rings. The van der Waals surface area contributed by atoms with Crippen LogP contribution >= 0.6 is 0 Å². The highest BCUT2D eigenvalue weighted by atomic mass is 16.3. The van der Waals surface area contributed by atoms with Crippen LogP contribution in [-0.4, -0.2) is 19.5 Å². The van der Waals surface area contributed by atoms with Crippen LogP contribution in [0.3, 0.4) is 0 Å². The van der Waals surface area contributed by atoms with Crippen LogP contribution in [0.25, 0.3) is 106 Å². The van der Waals surface area contributed by atoms with E-state index in [1.54, 1.807) is 0 Å². The number of fused-ring (bicyclic) bond motifs is 9. The predicted molar refractivity (Wildman–Crippen MR) is 241 cm³/mol. The van der Waals surface area contributed by atoms with Gasteiger partial charge in [0.2, 0.25) is 0 Å². The Kier molecular flexibility index (Phi) is 7.20. The average molecular weight is 757 g/mol. The quantitative estimate of drug-likeness (QED) is 0.175. The van der Waals surface area contributed by atoms with Crippen LogP contribution in [0.15, 0.2) is 186 Å².